The molecule has 178 valence electrons. The number of rotatable bonds is 6. The van der Waals surface area contributed by atoms with Crippen LogP contribution in [-0.2, 0) is 19.6 Å². The third-order valence-electron chi connectivity index (χ3n) is 5.38. The second-order valence-corrected chi connectivity index (χ2v) is 10.9. The maximum Gasteiger partial charge on any atom is 0.410 e. The molecule has 0 aromatic heterocycles. The fourth-order valence-corrected chi connectivity index (χ4v) is 5.61. The Balaban J connectivity index is 1.81. The van der Waals surface area contributed by atoms with Gasteiger partial charge in [-0.05, 0) is 71.6 Å². The molecule has 1 aromatic carbocycles. The van der Waals surface area contributed by atoms with Gasteiger partial charge in [0.05, 0.1) is 6.61 Å². The minimum absolute atomic E-state index is 0.0365. The highest BCUT2D eigenvalue weighted by Gasteiger charge is 2.37. The molecule has 10 heteroatoms. The largest absolute Gasteiger partial charge is 0.492 e. The van der Waals surface area contributed by atoms with E-state index in [0.29, 0.717) is 44.8 Å². The van der Waals surface area contributed by atoms with Gasteiger partial charge in [0.2, 0.25) is 15.9 Å². The normalized spacial score (nSPS) is 19.8. The van der Waals surface area contributed by atoms with Crippen LogP contribution >= 0.6 is 0 Å². The van der Waals surface area contributed by atoms with Gasteiger partial charge in [0, 0.05) is 25.3 Å². The van der Waals surface area contributed by atoms with E-state index in [4.69, 9.17) is 9.47 Å². The lowest BCUT2D eigenvalue weighted by Gasteiger charge is -2.28. The van der Waals surface area contributed by atoms with Gasteiger partial charge < -0.3 is 14.8 Å². The van der Waals surface area contributed by atoms with E-state index in [1.807, 2.05) is 0 Å². The van der Waals surface area contributed by atoms with E-state index in [0.717, 1.165) is 12.8 Å². The number of benzene rings is 1. The van der Waals surface area contributed by atoms with Gasteiger partial charge in [0.15, 0.2) is 0 Å². The van der Waals surface area contributed by atoms with Gasteiger partial charge in [-0.25, -0.2) is 13.2 Å². The molecule has 32 heavy (non-hydrogen) atoms. The van der Waals surface area contributed by atoms with Crippen molar-refractivity contribution in [2.75, 3.05) is 31.6 Å². The zero-order valence-corrected chi connectivity index (χ0v) is 20.0. The van der Waals surface area contributed by atoms with Crippen molar-refractivity contribution in [3.05, 3.63) is 18.2 Å². The summed E-state index contributed by atoms with van der Waals surface area (Å²) in [5.74, 6) is -0.115. The summed E-state index contributed by atoms with van der Waals surface area (Å²) in [7, 11) is -3.74. The van der Waals surface area contributed by atoms with E-state index in [9.17, 15) is 18.0 Å². The standard InChI is InChI=1S/C22H33N3O6S/c1-5-30-18-11-10-16(15-19(18)32(28,29)24-12-6-7-13-24)23-20(26)17-9-8-14-25(17)21(27)31-22(2,3)4/h10-11,15,17H,5-9,12-14H2,1-4H3,(H,23,26)/t17-/m0/s1. The quantitative estimate of drug-likeness (QED) is 0.689. The Morgan fingerprint density at radius 1 is 1.12 bits per heavy atom. The number of hydrogen-bond donors (Lipinski definition) is 1. The molecule has 2 amide bonds. The van der Waals surface area contributed by atoms with Crippen LogP contribution in [0.15, 0.2) is 23.1 Å². The fourth-order valence-electron chi connectivity index (χ4n) is 3.93. The number of carbonyl (C=O) groups excluding carboxylic acids is 2. The molecule has 2 heterocycles. The molecule has 9 nitrogen and oxygen atoms in total. The van der Waals surface area contributed by atoms with Gasteiger partial charge in [-0.2, -0.15) is 4.31 Å². The predicted octanol–water partition coefficient (Wildman–Crippen LogP) is 3.21. The van der Waals surface area contributed by atoms with Crippen LogP contribution in [0.2, 0.25) is 0 Å². The first kappa shape index (κ1) is 24.3. The number of nitrogens with zero attached hydrogens (tertiary/aromatic N) is 2. The second-order valence-electron chi connectivity index (χ2n) is 9.03. The molecular weight excluding hydrogens is 434 g/mol. The summed E-state index contributed by atoms with van der Waals surface area (Å²) >= 11 is 0. The van der Waals surface area contributed by atoms with E-state index in [2.05, 4.69) is 5.32 Å². The number of anilines is 1. The minimum atomic E-state index is -3.74. The highest BCUT2D eigenvalue weighted by Crippen LogP contribution is 2.32. The summed E-state index contributed by atoms with van der Waals surface area (Å²) in [4.78, 5) is 26.9. The summed E-state index contributed by atoms with van der Waals surface area (Å²) in [6.07, 6.45) is 2.32. The molecule has 1 atom stereocenters. The van der Waals surface area contributed by atoms with Crippen molar-refractivity contribution in [1.82, 2.24) is 9.21 Å². The third-order valence-corrected chi connectivity index (χ3v) is 7.30. The highest BCUT2D eigenvalue weighted by atomic mass is 32.2. The monoisotopic (exact) mass is 467 g/mol. The molecule has 0 bridgehead atoms. The molecule has 2 aliphatic heterocycles. The van der Waals surface area contributed by atoms with Gasteiger partial charge in [0.1, 0.15) is 22.3 Å². The van der Waals surface area contributed by atoms with E-state index < -0.39 is 27.8 Å². The van der Waals surface area contributed by atoms with Crippen LogP contribution in [0.3, 0.4) is 0 Å². The van der Waals surface area contributed by atoms with E-state index >= 15 is 0 Å². The maximum atomic E-state index is 13.2. The predicted molar refractivity (Wildman–Crippen MR) is 120 cm³/mol. The van der Waals surface area contributed by atoms with Gasteiger partial charge in [-0.1, -0.05) is 0 Å². The van der Waals surface area contributed by atoms with Gasteiger partial charge in [0.25, 0.3) is 0 Å². The Hall–Kier alpha value is -2.33. The van der Waals surface area contributed by atoms with Crippen molar-refractivity contribution < 1.29 is 27.5 Å². The number of sulfonamides is 1. The smallest absolute Gasteiger partial charge is 0.410 e. The summed E-state index contributed by atoms with van der Waals surface area (Å²) in [5, 5.41) is 2.78. The zero-order valence-electron chi connectivity index (χ0n) is 19.2. The van der Waals surface area contributed by atoms with Crippen molar-refractivity contribution in [2.24, 2.45) is 0 Å². The van der Waals surface area contributed by atoms with Crippen molar-refractivity contribution >= 4 is 27.7 Å². The molecule has 0 radical (unpaired) electrons. The maximum absolute atomic E-state index is 13.2. The Kier molecular flexibility index (Phi) is 7.34. The SMILES string of the molecule is CCOc1ccc(NC(=O)[C@@H]2CCCN2C(=O)OC(C)(C)C)cc1S(=O)(=O)N1CCCC1. The average Bonchev–Trinajstić information content (AvgIpc) is 3.40. The molecule has 0 unspecified atom stereocenters. The fraction of sp³-hybridized carbons (Fsp3) is 0.636. The molecule has 1 N–H and O–H groups in total. The first-order valence-corrected chi connectivity index (χ1v) is 12.5. The molecule has 3 rings (SSSR count). The molecule has 2 saturated heterocycles. The number of nitrogens with one attached hydrogen (secondary N) is 1. The lowest BCUT2D eigenvalue weighted by Crippen LogP contribution is -2.45. The molecule has 0 spiro atoms. The van der Waals surface area contributed by atoms with Crippen LogP contribution in [0.5, 0.6) is 5.75 Å². The highest BCUT2D eigenvalue weighted by molar-refractivity contribution is 7.89. The van der Waals surface area contributed by atoms with Crippen molar-refractivity contribution in [2.45, 2.75) is 69.9 Å². The molecule has 0 aliphatic carbocycles. The van der Waals surface area contributed by atoms with Gasteiger partial charge in [-0.15, -0.1) is 0 Å². The minimum Gasteiger partial charge on any atom is -0.492 e. The van der Waals surface area contributed by atoms with Crippen molar-refractivity contribution in [1.29, 1.82) is 0 Å². The Morgan fingerprint density at radius 3 is 2.44 bits per heavy atom. The lowest BCUT2D eigenvalue weighted by molar-refractivity contribution is -0.120. The number of likely N-dealkylation sites (tertiary alicyclic amines) is 1. The Morgan fingerprint density at radius 2 is 1.81 bits per heavy atom. The zero-order chi connectivity index (χ0) is 23.5. The topological polar surface area (TPSA) is 105 Å². The van der Waals surface area contributed by atoms with E-state index in [-0.39, 0.29) is 16.6 Å². The first-order valence-electron chi connectivity index (χ1n) is 11.1. The average molecular weight is 468 g/mol. The van der Waals surface area contributed by atoms with Crippen LogP contribution in [0, 0.1) is 0 Å². The van der Waals surface area contributed by atoms with E-state index in [1.165, 1.54) is 15.3 Å². The molecule has 1 aromatic rings. The molecule has 2 aliphatic rings. The second kappa shape index (κ2) is 9.66. The first-order chi connectivity index (χ1) is 15.0. The molecular formula is C22H33N3O6S. The van der Waals surface area contributed by atoms with Crippen molar-refractivity contribution in [3.8, 4) is 5.75 Å². The Labute approximate surface area is 190 Å². The van der Waals surface area contributed by atoms with Crippen LogP contribution in [0.4, 0.5) is 10.5 Å². The number of ether oxygens (including phenoxy) is 2. The lowest BCUT2D eigenvalue weighted by atomic mass is 10.2. The Bertz CT molecular complexity index is 951. The van der Waals surface area contributed by atoms with Crippen molar-refractivity contribution in [3.63, 3.8) is 0 Å². The van der Waals surface area contributed by atoms with Gasteiger partial charge >= 0.3 is 6.09 Å². The summed E-state index contributed by atoms with van der Waals surface area (Å²) in [6.45, 7) is 8.81. The number of amides is 2. The summed E-state index contributed by atoms with van der Waals surface area (Å²) < 4.78 is 38.7. The van der Waals surface area contributed by atoms with E-state index in [1.54, 1.807) is 39.8 Å². The number of hydrogen-bond acceptors (Lipinski definition) is 6. The molecule has 0 saturated carbocycles. The van der Waals surface area contributed by atoms with Crippen LogP contribution in [0.1, 0.15) is 53.4 Å². The number of carbonyl (C=O) groups is 2. The third kappa shape index (κ3) is 5.53. The van der Waals surface area contributed by atoms with Crippen LogP contribution in [0.25, 0.3) is 0 Å². The van der Waals surface area contributed by atoms with Gasteiger partial charge in [-0.3, -0.25) is 9.69 Å². The van der Waals surface area contributed by atoms with Crippen LogP contribution < -0.4 is 10.1 Å². The summed E-state index contributed by atoms with van der Waals surface area (Å²) in [5.41, 5.74) is -0.318. The molecule has 2 fully saturated rings. The summed E-state index contributed by atoms with van der Waals surface area (Å²) in [6, 6.07) is 3.93. The van der Waals surface area contributed by atoms with Crippen LogP contribution in [-0.4, -0.2) is 67.5 Å².